The fraction of sp³-hybridized carbons (Fsp3) is 0.917. The van der Waals surface area contributed by atoms with Crippen LogP contribution in [0.4, 0.5) is 0 Å². The Bertz CT molecular complexity index is 240. The van der Waals surface area contributed by atoms with Crippen LogP contribution in [0.15, 0.2) is 0 Å². The van der Waals surface area contributed by atoms with Gasteiger partial charge in [0, 0.05) is 0 Å². The Balaban J connectivity index is 1.94. The second-order valence-corrected chi connectivity index (χ2v) is 5.19. The summed E-state index contributed by atoms with van der Waals surface area (Å²) < 4.78 is 5.03. The van der Waals surface area contributed by atoms with Crippen LogP contribution in [0.3, 0.4) is 0 Å². The molecule has 0 heterocycles. The number of hydrogen-bond donors (Lipinski definition) is 1. The first kappa shape index (κ1) is 10.9. The number of hydrogen-bond acceptors (Lipinski definition) is 3. The second kappa shape index (κ2) is 4.12. The molecule has 2 N–H and O–H groups in total. The Morgan fingerprint density at radius 2 is 2.00 bits per heavy atom. The van der Waals surface area contributed by atoms with E-state index in [1.165, 1.54) is 12.8 Å². The van der Waals surface area contributed by atoms with Gasteiger partial charge >= 0.3 is 5.97 Å². The van der Waals surface area contributed by atoms with Crippen molar-refractivity contribution in [1.29, 1.82) is 0 Å². The van der Waals surface area contributed by atoms with Crippen molar-refractivity contribution < 1.29 is 9.53 Å². The van der Waals surface area contributed by atoms with Gasteiger partial charge in [0.15, 0.2) is 0 Å². The summed E-state index contributed by atoms with van der Waals surface area (Å²) in [5.74, 6) is 1.63. The van der Waals surface area contributed by atoms with E-state index in [1.54, 1.807) is 0 Å². The van der Waals surface area contributed by atoms with Crippen molar-refractivity contribution in [2.45, 2.75) is 39.0 Å². The molecule has 0 bridgehead atoms. The van der Waals surface area contributed by atoms with Crippen LogP contribution in [0.25, 0.3) is 0 Å². The van der Waals surface area contributed by atoms with Crippen LogP contribution in [0.1, 0.15) is 39.0 Å². The summed E-state index contributed by atoms with van der Waals surface area (Å²) in [6, 6.07) is 0. The third-order valence-corrected chi connectivity index (χ3v) is 4.22. The molecular weight excluding hydrogens is 190 g/mol. The van der Waals surface area contributed by atoms with Gasteiger partial charge in [0.2, 0.25) is 0 Å². The van der Waals surface area contributed by atoms with E-state index < -0.39 is 0 Å². The third kappa shape index (κ3) is 2.03. The molecule has 2 rings (SSSR count). The fourth-order valence-corrected chi connectivity index (χ4v) is 3.27. The number of esters is 1. The number of rotatable bonds is 4. The van der Waals surface area contributed by atoms with Gasteiger partial charge < -0.3 is 10.5 Å². The molecule has 2 fully saturated rings. The fourth-order valence-electron chi connectivity index (χ4n) is 3.27. The number of ether oxygens (including phenoxy) is 1. The maximum atomic E-state index is 11.5. The van der Waals surface area contributed by atoms with Crippen molar-refractivity contribution in [3.63, 3.8) is 0 Å². The van der Waals surface area contributed by atoms with Gasteiger partial charge in [0.05, 0.1) is 13.0 Å². The lowest BCUT2D eigenvalue weighted by Gasteiger charge is -2.29. The highest BCUT2D eigenvalue weighted by Crippen LogP contribution is 2.56. The average Bonchev–Trinajstić information content (AvgIpc) is 2.43. The smallest absolute Gasteiger partial charge is 0.306 e. The molecule has 15 heavy (non-hydrogen) atoms. The van der Waals surface area contributed by atoms with Gasteiger partial charge in [-0.25, -0.2) is 0 Å². The van der Waals surface area contributed by atoms with Crippen LogP contribution in [-0.4, -0.2) is 19.1 Å². The van der Waals surface area contributed by atoms with Gasteiger partial charge in [0.25, 0.3) is 0 Å². The molecule has 2 aliphatic carbocycles. The molecule has 3 atom stereocenters. The van der Waals surface area contributed by atoms with E-state index in [4.69, 9.17) is 10.5 Å². The number of fused-ring (bicyclic) bond motifs is 1. The molecule has 0 saturated heterocycles. The van der Waals surface area contributed by atoms with E-state index in [0.29, 0.717) is 19.6 Å². The minimum atomic E-state index is -0.0655. The second-order valence-electron chi connectivity index (χ2n) is 5.19. The number of carbonyl (C=O) groups excluding carboxylic acids is 1. The first-order valence-electron chi connectivity index (χ1n) is 6.05. The van der Waals surface area contributed by atoms with E-state index in [-0.39, 0.29) is 11.4 Å². The summed E-state index contributed by atoms with van der Waals surface area (Å²) in [7, 11) is 0. The highest BCUT2D eigenvalue weighted by molar-refractivity contribution is 5.70. The Labute approximate surface area is 91.4 Å². The summed E-state index contributed by atoms with van der Waals surface area (Å²) in [5, 5.41) is 0. The van der Waals surface area contributed by atoms with Crippen LogP contribution < -0.4 is 5.73 Å². The molecular formula is C12H21NO2. The van der Waals surface area contributed by atoms with Crippen LogP contribution in [-0.2, 0) is 9.53 Å². The maximum absolute atomic E-state index is 11.5. The summed E-state index contributed by atoms with van der Waals surface area (Å²) in [6.45, 7) is 2.97. The van der Waals surface area contributed by atoms with Crippen molar-refractivity contribution in [2.75, 3.05) is 13.2 Å². The first-order valence-corrected chi connectivity index (χ1v) is 6.05. The van der Waals surface area contributed by atoms with E-state index in [2.05, 4.69) is 0 Å². The molecule has 0 amide bonds. The largest absolute Gasteiger partial charge is 0.466 e. The van der Waals surface area contributed by atoms with E-state index >= 15 is 0 Å². The molecule has 0 aromatic heterocycles. The number of carbonyl (C=O) groups is 1. The molecule has 0 spiro atoms. The van der Waals surface area contributed by atoms with E-state index in [1.807, 2.05) is 6.92 Å². The van der Waals surface area contributed by atoms with Crippen molar-refractivity contribution in [3.05, 3.63) is 0 Å². The van der Waals surface area contributed by atoms with Gasteiger partial charge in [-0.05, 0) is 56.4 Å². The minimum Gasteiger partial charge on any atom is -0.466 e. The minimum absolute atomic E-state index is 0.0655. The lowest BCUT2D eigenvalue weighted by atomic mass is 9.77. The van der Waals surface area contributed by atoms with Crippen LogP contribution in [0.5, 0.6) is 0 Å². The summed E-state index contributed by atoms with van der Waals surface area (Å²) >= 11 is 0. The maximum Gasteiger partial charge on any atom is 0.306 e. The molecule has 2 aliphatic rings. The van der Waals surface area contributed by atoms with E-state index in [0.717, 1.165) is 24.7 Å². The Hall–Kier alpha value is -0.570. The summed E-state index contributed by atoms with van der Waals surface area (Å²) in [6.07, 6.45) is 5.51. The first-order chi connectivity index (χ1) is 7.19. The summed E-state index contributed by atoms with van der Waals surface area (Å²) in [5.41, 5.74) is 5.93. The van der Waals surface area contributed by atoms with E-state index in [9.17, 15) is 4.79 Å². The SMILES string of the molecule is CCOC(=O)C[C@@]1(CN)C[C@H]2CC[C@H]2C1. The van der Waals surface area contributed by atoms with Crippen LogP contribution in [0.2, 0.25) is 0 Å². The lowest BCUT2D eigenvalue weighted by Crippen LogP contribution is -2.31. The van der Waals surface area contributed by atoms with Gasteiger partial charge in [-0.3, -0.25) is 4.79 Å². The number of nitrogens with two attached hydrogens (primary N) is 1. The molecule has 2 saturated carbocycles. The van der Waals surface area contributed by atoms with Gasteiger partial charge in [-0.15, -0.1) is 0 Å². The topological polar surface area (TPSA) is 52.3 Å². The predicted molar refractivity (Wildman–Crippen MR) is 58.2 cm³/mol. The molecule has 0 aromatic rings. The third-order valence-electron chi connectivity index (χ3n) is 4.22. The Morgan fingerprint density at radius 3 is 2.40 bits per heavy atom. The molecule has 0 radical (unpaired) electrons. The Kier molecular flexibility index (Phi) is 3.01. The highest BCUT2D eigenvalue weighted by Gasteiger charge is 2.49. The van der Waals surface area contributed by atoms with Crippen molar-refractivity contribution in [3.8, 4) is 0 Å². The van der Waals surface area contributed by atoms with Gasteiger partial charge in [0.1, 0.15) is 0 Å². The zero-order valence-corrected chi connectivity index (χ0v) is 9.50. The zero-order valence-electron chi connectivity index (χ0n) is 9.50. The Morgan fingerprint density at radius 1 is 1.40 bits per heavy atom. The molecule has 3 heteroatoms. The zero-order chi connectivity index (χ0) is 10.9. The van der Waals surface area contributed by atoms with Crippen molar-refractivity contribution in [2.24, 2.45) is 23.0 Å². The molecule has 3 nitrogen and oxygen atoms in total. The van der Waals surface area contributed by atoms with Crippen molar-refractivity contribution in [1.82, 2.24) is 0 Å². The average molecular weight is 211 g/mol. The normalized spacial score (nSPS) is 38.3. The molecule has 0 aliphatic heterocycles. The van der Waals surface area contributed by atoms with Crippen LogP contribution in [0, 0.1) is 17.3 Å². The van der Waals surface area contributed by atoms with Gasteiger partial charge in [-0.2, -0.15) is 0 Å². The quantitative estimate of drug-likeness (QED) is 0.720. The predicted octanol–water partition coefficient (Wildman–Crippen LogP) is 1.70. The summed E-state index contributed by atoms with van der Waals surface area (Å²) in [4.78, 5) is 11.5. The van der Waals surface area contributed by atoms with Crippen LogP contribution >= 0.6 is 0 Å². The van der Waals surface area contributed by atoms with Gasteiger partial charge in [-0.1, -0.05) is 0 Å². The monoisotopic (exact) mass is 211 g/mol. The molecule has 0 aromatic carbocycles. The molecule has 86 valence electrons. The van der Waals surface area contributed by atoms with Crippen molar-refractivity contribution >= 4 is 5.97 Å². The lowest BCUT2D eigenvalue weighted by molar-refractivity contribution is -0.145. The highest BCUT2D eigenvalue weighted by atomic mass is 16.5. The molecule has 0 unspecified atom stereocenters. The standard InChI is InChI=1S/C12H21NO2/c1-2-15-11(14)7-12(8-13)5-9-3-4-10(9)6-12/h9-10H,2-8,13H2,1H3/t9-,10+,12-.